The zero-order valence-corrected chi connectivity index (χ0v) is 20.5. The summed E-state index contributed by atoms with van der Waals surface area (Å²) in [6, 6.07) is 22.7. The fourth-order valence-electron chi connectivity index (χ4n) is 4.84. The molecule has 6 nitrogen and oxygen atoms in total. The van der Waals surface area contributed by atoms with Gasteiger partial charge in [0.15, 0.2) is 0 Å². The summed E-state index contributed by atoms with van der Waals surface area (Å²) < 4.78 is 7.11. The molecule has 1 heterocycles. The Bertz CT molecular complexity index is 1290. The van der Waals surface area contributed by atoms with E-state index in [2.05, 4.69) is 57.8 Å². The van der Waals surface area contributed by atoms with E-state index in [0.29, 0.717) is 16.6 Å². The quantitative estimate of drug-likeness (QED) is 0.322. The molecule has 0 unspecified atom stereocenters. The predicted octanol–water partition coefficient (Wildman–Crippen LogP) is 6.14. The first-order valence-electron chi connectivity index (χ1n) is 11.2. The average Bonchev–Trinajstić information content (AvgIpc) is 3.33. The van der Waals surface area contributed by atoms with Crippen LogP contribution in [-0.4, -0.2) is 34.4 Å². The van der Waals surface area contributed by atoms with E-state index in [-0.39, 0.29) is 12.0 Å². The highest BCUT2D eigenvalue weighted by molar-refractivity contribution is 6.42. The van der Waals surface area contributed by atoms with Gasteiger partial charge in [-0.25, -0.2) is 4.68 Å². The number of halogens is 2. The summed E-state index contributed by atoms with van der Waals surface area (Å²) in [5, 5.41) is 13.8. The lowest BCUT2D eigenvalue weighted by molar-refractivity contribution is 0.414. The Balaban J connectivity index is 1.43. The first kappa shape index (κ1) is 22.7. The van der Waals surface area contributed by atoms with Gasteiger partial charge in [-0.15, -0.1) is 0 Å². The van der Waals surface area contributed by atoms with Gasteiger partial charge >= 0.3 is 0 Å². The van der Waals surface area contributed by atoms with E-state index in [1.807, 2.05) is 41.1 Å². The minimum Gasteiger partial charge on any atom is -0.497 e. The maximum atomic E-state index is 6.34. The summed E-state index contributed by atoms with van der Waals surface area (Å²) in [7, 11) is 3.73. The maximum absolute atomic E-state index is 6.34. The van der Waals surface area contributed by atoms with Gasteiger partial charge < -0.3 is 9.64 Å². The minimum absolute atomic E-state index is 0.163. The van der Waals surface area contributed by atoms with Gasteiger partial charge in [0.1, 0.15) is 5.75 Å². The second kappa shape index (κ2) is 9.65. The molecular weight excluding hydrogens is 469 g/mol. The molecule has 1 aliphatic carbocycles. The van der Waals surface area contributed by atoms with E-state index in [9.17, 15) is 0 Å². The van der Waals surface area contributed by atoms with E-state index in [4.69, 9.17) is 27.9 Å². The molecule has 0 radical (unpaired) electrons. The van der Waals surface area contributed by atoms with E-state index in [1.54, 1.807) is 7.11 Å². The van der Waals surface area contributed by atoms with Crippen LogP contribution in [0.1, 0.15) is 47.1 Å². The van der Waals surface area contributed by atoms with Crippen LogP contribution in [-0.2, 0) is 6.54 Å². The average molecular weight is 494 g/mol. The molecule has 0 aliphatic heterocycles. The van der Waals surface area contributed by atoms with Gasteiger partial charge in [-0.05, 0) is 69.8 Å². The van der Waals surface area contributed by atoms with E-state index in [0.717, 1.165) is 30.1 Å². The Morgan fingerprint density at radius 1 is 0.971 bits per heavy atom. The van der Waals surface area contributed by atoms with Crippen LogP contribution in [0.5, 0.6) is 5.75 Å². The highest BCUT2D eigenvalue weighted by Gasteiger charge is 2.32. The van der Waals surface area contributed by atoms with Crippen LogP contribution in [0.15, 0.2) is 66.7 Å². The van der Waals surface area contributed by atoms with Crippen LogP contribution in [0.3, 0.4) is 0 Å². The van der Waals surface area contributed by atoms with E-state index < -0.39 is 0 Å². The molecule has 5 rings (SSSR count). The second-order valence-electron chi connectivity index (χ2n) is 8.54. The minimum atomic E-state index is 0.163. The normalized spacial score (nSPS) is 17.3. The van der Waals surface area contributed by atoms with Crippen molar-refractivity contribution in [3.8, 4) is 5.75 Å². The molecule has 4 aromatic rings. The monoisotopic (exact) mass is 493 g/mol. The Hall–Kier alpha value is -3.09. The van der Waals surface area contributed by atoms with Crippen LogP contribution in [0.25, 0.3) is 0 Å². The van der Waals surface area contributed by atoms with Crippen LogP contribution in [0, 0.1) is 0 Å². The molecule has 1 aliphatic rings. The van der Waals surface area contributed by atoms with Gasteiger partial charge in [0, 0.05) is 13.0 Å². The number of aromatic nitrogens is 4. The zero-order chi connectivity index (χ0) is 23.7. The second-order valence-corrected chi connectivity index (χ2v) is 9.36. The first-order valence-corrected chi connectivity index (χ1v) is 12.0. The van der Waals surface area contributed by atoms with Crippen molar-refractivity contribution in [3.05, 3.63) is 99.0 Å². The Morgan fingerprint density at radius 2 is 1.74 bits per heavy atom. The topological polar surface area (TPSA) is 56.1 Å². The number of ether oxygens (including phenoxy) is 1. The number of hydrogen-bond acceptors (Lipinski definition) is 5. The summed E-state index contributed by atoms with van der Waals surface area (Å²) in [5.74, 6) is 1.84. The summed E-state index contributed by atoms with van der Waals surface area (Å²) in [5.41, 5.74) is 4.88. The van der Waals surface area contributed by atoms with Gasteiger partial charge in [-0.3, -0.25) is 0 Å². The number of anilines is 1. The van der Waals surface area contributed by atoms with Crippen LogP contribution in [0.4, 0.5) is 5.95 Å². The molecule has 174 valence electrons. The molecule has 0 fully saturated rings. The SMILES string of the molecule is COc1ccc(Cn2nnnc2N(C)[C@@H]2CC[C@H](c3ccc(Cl)c(Cl)c3)c3ccccc32)cc1. The van der Waals surface area contributed by atoms with Gasteiger partial charge in [-0.2, -0.15) is 0 Å². The molecule has 0 saturated heterocycles. The number of nitrogens with zero attached hydrogens (tertiary/aromatic N) is 5. The van der Waals surface area contributed by atoms with Crippen LogP contribution in [0.2, 0.25) is 10.0 Å². The number of fused-ring (bicyclic) bond motifs is 1. The lowest BCUT2D eigenvalue weighted by atomic mass is 9.76. The van der Waals surface area contributed by atoms with E-state index >= 15 is 0 Å². The van der Waals surface area contributed by atoms with Gasteiger partial charge in [0.2, 0.25) is 5.95 Å². The lowest BCUT2D eigenvalue weighted by Gasteiger charge is -2.37. The smallest absolute Gasteiger partial charge is 0.246 e. The number of benzene rings is 3. The van der Waals surface area contributed by atoms with Crippen molar-refractivity contribution < 1.29 is 4.74 Å². The van der Waals surface area contributed by atoms with Gasteiger partial charge in [0.05, 0.1) is 29.7 Å². The Labute approximate surface area is 209 Å². The highest BCUT2D eigenvalue weighted by atomic mass is 35.5. The summed E-state index contributed by atoms with van der Waals surface area (Å²) in [6.45, 7) is 0.580. The molecule has 0 spiro atoms. The third-order valence-electron chi connectivity index (χ3n) is 6.59. The molecule has 0 amide bonds. The number of hydrogen-bond donors (Lipinski definition) is 0. The number of methoxy groups -OCH3 is 1. The summed E-state index contributed by atoms with van der Waals surface area (Å²) >= 11 is 12.5. The summed E-state index contributed by atoms with van der Waals surface area (Å²) in [4.78, 5) is 2.19. The van der Waals surface area contributed by atoms with Crippen molar-refractivity contribution in [1.29, 1.82) is 0 Å². The molecule has 34 heavy (non-hydrogen) atoms. The molecule has 1 aromatic heterocycles. The Kier molecular flexibility index (Phi) is 6.44. The number of tetrazole rings is 1. The van der Waals surface area contributed by atoms with Gasteiger partial charge in [-0.1, -0.05) is 70.8 Å². The van der Waals surface area contributed by atoms with Crippen molar-refractivity contribution in [2.24, 2.45) is 0 Å². The standard InChI is InChI=1S/C26H25Cl2N5O/c1-32(26-29-30-31-33(26)16-17-7-10-19(34-2)11-8-17)25-14-12-20(21-5-3-4-6-22(21)25)18-9-13-23(27)24(28)15-18/h3-11,13,15,20,25H,12,14,16H2,1-2H3/t20-,25-/m1/s1. The van der Waals surface area contributed by atoms with Crippen molar-refractivity contribution in [1.82, 2.24) is 20.2 Å². The molecular formula is C26H25Cl2N5O. The highest BCUT2D eigenvalue weighted by Crippen LogP contribution is 2.44. The fraction of sp³-hybridized carbons (Fsp3) is 0.269. The maximum Gasteiger partial charge on any atom is 0.246 e. The molecule has 8 heteroatoms. The van der Waals surface area contributed by atoms with Crippen molar-refractivity contribution >= 4 is 29.2 Å². The lowest BCUT2D eigenvalue weighted by Crippen LogP contribution is -2.31. The van der Waals surface area contributed by atoms with Crippen LogP contribution >= 0.6 is 23.2 Å². The number of rotatable bonds is 6. The largest absolute Gasteiger partial charge is 0.497 e. The third-order valence-corrected chi connectivity index (χ3v) is 7.33. The fourth-order valence-corrected chi connectivity index (χ4v) is 5.15. The van der Waals surface area contributed by atoms with Crippen LogP contribution < -0.4 is 9.64 Å². The Morgan fingerprint density at radius 3 is 2.47 bits per heavy atom. The van der Waals surface area contributed by atoms with Gasteiger partial charge in [0.25, 0.3) is 0 Å². The molecule has 0 saturated carbocycles. The van der Waals surface area contributed by atoms with Crippen molar-refractivity contribution in [3.63, 3.8) is 0 Å². The molecule has 0 bridgehead atoms. The third kappa shape index (κ3) is 4.36. The molecule has 0 N–H and O–H groups in total. The van der Waals surface area contributed by atoms with E-state index in [1.165, 1.54) is 16.7 Å². The zero-order valence-electron chi connectivity index (χ0n) is 19.0. The molecule has 3 aromatic carbocycles. The predicted molar refractivity (Wildman–Crippen MR) is 135 cm³/mol. The first-order chi connectivity index (χ1) is 16.5. The van der Waals surface area contributed by atoms with Crippen molar-refractivity contribution in [2.75, 3.05) is 19.1 Å². The van der Waals surface area contributed by atoms with Crippen molar-refractivity contribution in [2.45, 2.75) is 31.3 Å². The summed E-state index contributed by atoms with van der Waals surface area (Å²) in [6.07, 6.45) is 1.96. The molecule has 2 atom stereocenters.